The summed E-state index contributed by atoms with van der Waals surface area (Å²) in [6.07, 6.45) is 2.78. The van der Waals surface area contributed by atoms with Crippen molar-refractivity contribution in [2.24, 2.45) is 5.41 Å². The Morgan fingerprint density at radius 3 is 2.32 bits per heavy atom. The maximum absolute atomic E-state index is 13.1. The number of nitrogens with one attached hydrogen (secondary N) is 2. The minimum absolute atomic E-state index is 0.195. The first-order valence-electron chi connectivity index (χ1n) is 12.7. The van der Waals surface area contributed by atoms with Crippen LogP contribution in [-0.4, -0.2) is 32.5 Å². The van der Waals surface area contributed by atoms with E-state index in [2.05, 4.69) is 22.5 Å². The van der Waals surface area contributed by atoms with Crippen molar-refractivity contribution in [3.05, 3.63) is 88.0 Å². The number of aromatic nitrogens is 2. The molecule has 0 bridgehead atoms. The van der Waals surface area contributed by atoms with E-state index < -0.39 is 11.5 Å². The number of hydrogen-bond acceptors (Lipinski definition) is 4. The molecule has 1 heterocycles. The molecule has 2 amide bonds. The van der Waals surface area contributed by atoms with E-state index in [4.69, 9.17) is 11.6 Å². The smallest absolute Gasteiger partial charge is 0.251 e. The van der Waals surface area contributed by atoms with Gasteiger partial charge in [0.2, 0.25) is 5.91 Å². The van der Waals surface area contributed by atoms with Crippen molar-refractivity contribution < 1.29 is 14.7 Å². The van der Waals surface area contributed by atoms with Gasteiger partial charge in [-0.3, -0.25) is 9.59 Å². The van der Waals surface area contributed by atoms with Gasteiger partial charge in [-0.05, 0) is 35.1 Å². The SMILES string of the molecule is CCCCc1nc(Cl)c(CO)n1Cc1ccc(C(=O)NC(C(=O)NCc2ccccc2)C(C)(C)C)cc1. The predicted molar refractivity (Wildman–Crippen MR) is 146 cm³/mol. The molecule has 0 radical (unpaired) electrons. The molecule has 8 heteroatoms. The van der Waals surface area contributed by atoms with Crippen LogP contribution >= 0.6 is 11.6 Å². The average Bonchev–Trinajstić information content (AvgIpc) is 3.18. The van der Waals surface area contributed by atoms with E-state index >= 15 is 0 Å². The third-order valence-corrected chi connectivity index (χ3v) is 6.58. The fourth-order valence-corrected chi connectivity index (χ4v) is 4.35. The molecule has 7 nitrogen and oxygen atoms in total. The second kappa shape index (κ2) is 12.9. The van der Waals surface area contributed by atoms with Gasteiger partial charge in [-0.15, -0.1) is 0 Å². The van der Waals surface area contributed by atoms with Crippen molar-refractivity contribution in [3.8, 4) is 0 Å². The number of hydrogen-bond donors (Lipinski definition) is 3. The summed E-state index contributed by atoms with van der Waals surface area (Å²) in [6.45, 7) is 8.58. The zero-order chi connectivity index (χ0) is 27.0. The molecule has 0 saturated heterocycles. The molecular weight excluding hydrogens is 488 g/mol. The van der Waals surface area contributed by atoms with Crippen LogP contribution in [0, 0.1) is 5.41 Å². The first-order chi connectivity index (χ1) is 17.6. The molecule has 0 spiro atoms. The summed E-state index contributed by atoms with van der Waals surface area (Å²) in [4.78, 5) is 30.5. The number of aliphatic hydroxyl groups excluding tert-OH is 1. The van der Waals surface area contributed by atoms with Crippen molar-refractivity contribution in [2.45, 2.75) is 72.7 Å². The van der Waals surface area contributed by atoms with Crippen LogP contribution in [0.25, 0.3) is 0 Å². The molecular formula is C29H37ClN4O3. The Hall–Kier alpha value is -3.16. The summed E-state index contributed by atoms with van der Waals surface area (Å²) in [5.41, 5.74) is 2.51. The third kappa shape index (κ3) is 7.66. The van der Waals surface area contributed by atoms with Gasteiger partial charge in [0.1, 0.15) is 11.9 Å². The largest absolute Gasteiger partial charge is 0.390 e. The Kier molecular flexibility index (Phi) is 9.89. The van der Waals surface area contributed by atoms with Crippen LogP contribution in [0.2, 0.25) is 5.15 Å². The van der Waals surface area contributed by atoms with Crippen molar-refractivity contribution >= 4 is 23.4 Å². The topological polar surface area (TPSA) is 96.2 Å². The minimum atomic E-state index is -0.704. The number of aryl methyl sites for hydroxylation is 1. The standard InChI is InChI=1S/C29H37ClN4O3/c1-5-6-12-24-32-26(30)23(19-35)34(24)18-21-13-15-22(16-14-21)27(36)33-25(29(2,3)4)28(37)31-17-20-10-8-7-9-11-20/h7-11,13-16,25,35H,5-6,12,17-19H2,1-4H3,(H,31,37)(H,33,36). The van der Waals surface area contributed by atoms with E-state index in [-0.39, 0.29) is 18.4 Å². The van der Waals surface area contributed by atoms with Crippen LogP contribution in [0.4, 0.5) is 0 Å². The quantitative estimate of drug-likeness (QED) is 0.333. The van der Waals surface area contributed by atoms with Gasteiger partial charge in [0.15, 0.2) is 5.15 Å². The number of imidazole rings is 1. The van der Waals surface area contributed by atoms with Gasteiger partial charge >= 0.3 is 0 Å². The summed E-state index contributed by atoms with van der Waals surface area (Å²) < 4.78 is 1.94. The molecule has 3 rings (SSSR count). The van der Waals surface area contributed by atoms with Crippen LogP contribution < -0.4 is 10.6 Å². The number of carbonyl (C=O) groups excluding carboxylic acids is 2. The molecule has 0 aliphatic heterocycles. The normalized spacial score (nSPS) is 12.3. The van der Waals surface area contributed by atoms with Gasteiger partial charge in [0, 0.05) is 25.1 Å². The summed E-state index contributed by atoms with van der Waals surface area (Å²) >= 11 is 6.25. The lowest BCUT2D eigenvalue weighted by atomic mass is 9.86. The van der Waals surface area contributed by atoms with Crippen LogP contribution in [0.5, 0.6) is 0 Å². The molecule has 0 aliphatic rings. The molecule has 0 aliphatic carbocycles. The number of halogens is 1. The molecule has 3 N–H and O–H groups in total. The first kappa shape index (κ1) is 28.4. The van der Waals surface area contributed by atoms with E-state index in [1.165, 1.54) is 0 Å². The molecule has 1 unspecified atom stereocenters. The highest BCUT2D eigenvalue weighted by Crippen LogP contribution is 2.22. The fourth-order valence-electron chi connectivity index (χ4n) is 4.09. The van der Waals surface area contributed by atoms with Crippen LogP contribution in [-0.2, 0) is 30.9 Å². The van der Waals surface area contributed by atoms with Gasteiger partial charge < -0.3 is 20.3 Å². The second-order valence-corrected chi connectivity index (χ2v) is 10.6. The van der Waals surface area contributed by atoms with Crippen molar-refractivity contribution in [1.29, 1.82) is 0 Å². The zero-order valence-electron chi connectivity index (χ0n) is 22.1. The molecule has 3 aromatic rings. The molecule has 37 heavy (non-hydrogen) atoms. The summed E-state index contributed by atoms with van der Waals surface area (Å²) in [6, 6.07) is 16.2. The Labute approximate surface area is 224 Å². The van der Waals surface area contributed by atoms with Crippen LogP contribution in [0.1, 0.15) is 73.5 Å². The van der Waals surface area contributed by atoms with E-state index in [0.717, 1.165) is 36.2 Å². The van der Waals surface area contributed by atoms with Crippen molar-refractivity contribution in [1.82, 2.24) is 20.2 Å². The Bertz CT molecular complexity index is 1180. The number of unbranched alkanes of at least 4 members (excludes halogenated alkanes) is 1. The third-order valence-electron chi connectivity index (χ3n) is 6.28. The minimum Gasteiger partial charge on any atom is -0.390 e. The van der Waals surface area contributed by atoms with Gasteiger partial charge in [0.25, 0.3) is 5.91 Å². The van der Waals surface area contributed by atoms with Crippen LogP contribution in [0.3, 0.4) is 0 Å². The van der Waals surface area contributed by atoms with E-state index in [1.807, 2.05) is 67.8 Å². The highest BCUT2D eigenvalue weighted by molar-refractivity contribution is 6.30. The molecule has 1 aromatic heterocycles. The maximum atomic E-state index is 13.1. The molecule has 0 fully saturated rings. The maximum Gasteiger partial charge on any atom is 0.251 e. The Morgan fingerprint density at radius 2 is 1.73 bits per heavy atom. The number of nitrogens with zero attached hydrogens (tertiary/aromatic N) is 2. The number of aliphatic hydroxyl groups is 1. The monoisotopic (exact) mass is 524 g/mol. The first-order valence-corrected chi connectivity index (χ1v) is 13.1. The average molecular weight is 525 g/mol. The van der Waals surface area contributed by atoms with Gasteiger partial charge in [0.05, 0.1) is 12.3 Å². The predicted octanol–water partition coefficient (Wildman–Crippen LogP) is 4.88. The summed E-state index contributed by atoms with van der Waals surface area (Å²) in [5.74, 6) is 0.299. The van der Waals surface area contributed by atoms with Crippen molar-refractivity contribution in [2.75, 3.05) is 0 Å². The number of amides is 2. The highest BCUT2D eigenvalue weighted by atomic mass is 35.5. The molecule has 1 atom stereocenters. The Morgan fingerprint density at radius 1 is 1.05 bits per heavy atom. The van der Waals surface area contributed by atoms with Gasteiger partial charge in [-0.25, -0.2) is 4.98 Å². The lowest BCUT2D eigenvalue weighted by Crippen LogP contribution is -2.53. The summed E-state index contributed by atoms with van der Waals surface area (Å²) in [7, 11) is 0. The second-order valence-electron chi connectivity index (χ2n) is 10.3. The fraction of sp³-hybridized carbons (Fsp3) is 0.414. The molecule has 0 saturated carbocycles. The molecule has 198 valence electrons. The molecule has 2 aromatic carbocycles. The van der Waals surface area contributed by atoms with E-state index in [1.54, 1.807) is 12.1 Å². The number of carbonyl (C=O) groups is 2. The summed E-state index contributed by atoms with van der Waals surface area (Å²) in [5, 5.41) is 16.0. The number of rotatable bonds is 11. The van der Waals surface area contributed by atoms with E-state index in [0.29, 0.717) is 29.5 Å². The number of benzene rings is 2. The lowest BCUT2D eigenvalue weighted by Gasteiger charge is -2.30. The van der Waals surface area contributed by atoms with Gasteiger partial charge in [-0.1, -0.05) is 88.2 Å². The zero-order valence-corrected chi connectivity index (χ0v) is 22.8. The van der Waals surface area contributed by atoms with Crippen LogP contribution in [0.15, 0.2) is 54.6 Å². The van der Waals surface area contributed by atoms with Crippen molar-refractivity contribution in [3.63, 3.8) is 0 Å². The van der Waals surface area contributed by atoms with Gasteiger partial charge in [-0.2, -0.15) is 0 Å². The Balaban J connectivity index is 1.70. The van der Waals surface area contributed by atoms with E-state index in [9.17, 15) is 14.7 Å². The highest BCUT2D eigenvalue weighted by Gasteiger charge is 2.33. The lowest BCUT2D eigenvalue weighted by molar-refractivity contribution is -0.125.